The molecule has 1 aromatic carbocycles. The molecule has 0 radical (unpaired) electrons. The number of rotatable bonds is 3. The first-order chi connectivity index (χ1) is 9.58. The minimum absolute atomic E-state index is 0.0572. The summed E-state index contributed by atoms with van der Waals surface area (Å²) in [4.78, 5) is 36.7. The van der Waals surface area contributed by atoms with Crippen molar-refractivity contribution in [1.29, 1.82) is 0 Å². The molecule has 1 aromatic rings. The van der Waals surface area contributed by atoms with Crippen LogP contribution in [-0.2, 0) is 4.79 Å². The van der Waals surface area contributed by atoms with Crippen molar-refractivity contribution in [3.63, 3.8) is 0 Å². The van der Waals surface area contributed by atoms with Crippen LogP contribution >= 0.6 is 0 Å². The molecule has 5 nitrogen and oxygen atoms in total. The zero-order chi connectivity index (χ0) is 14.3. The van der Waals surface area contributed by atoms with E-state index in [1.165, 1.54) is 4.90 Å². The smallest absolute Gasteiger partial charge is 0.303 e. The first kappa shape index (κ1) is 12.8. The highest BCUT2D eigenvalue weighted by Gasteiger charge is 2.42. The van der Waals surface area contributed by atoms with Crippen LogP contribution in [0, 0.1) is 5.92 Å². The molecule has 1 aliphatic heterocycles. The lowest BCUT2D eigenvalue weighted by molar-refractivity contribution is -0.138. The second-order valence-corrected chi connectivity index (χ2v) is 5.46. The van der Waals surface area contributed by atoms with Gasteiger partial charge in [-0.05, 0) is 37.3 Å². The van der Waals surface area contributed by atoms with E-state index in [2.05, 4.69) is 0 Å². The van der Waals surface area contributed by atoms with E-state index in [0.717, 1.165) is 6.42 Å². The number of hydrogen-bond acceptors (Lipinski definition) is 3. The summed E-state index contributed by atoms with van der Waals surface area (Å²) < 4.78 is 0. The van der Waals surface area contributed by atoms with Gasteiger partial charge in [0.1, 0.15) is 0 Å². The van der Waals surface area contributed by atoms with Crippen LogP contribution in [0.15, 0.2) is 24.3 Å². The predicted octanol–water partition coefficient (Wildman–Crippen LogP) is 1.93. The second-order valence-electron chi connectivity index (χ2n) is 5.46. The molecule has 1 fully saturated rings. The molecular formula is C15H15NO4. The Morgan fingerprint density at radius 3 is 2.30 bits per heavy atom. The van der Waals surface area contributed by atoms with Crippen molar-refractivity contribution in [3.05, 3.63) is 35.4 Å². The van der Waals surface area contributed by atoms with Crippen LogP contribution in [0.4, 0.5) is 0 Å². The van der Waals surface area contributed by atoms with Gasteiger partial charge in [0.15, 0.2) is 0 Å². The average molecular weight is 273 g/mol. The van der Waals surface area contributed by atoms with Gasteiger partial charge < -0.3 is 5.11 Å². The highest BCUT2D eigenvalue weighted by molar-refractivity contribution is 6.21. The minimum atomic E-state index is -0.821. The Bertz CT molecular complexity index is 560. The predicted molar refractivity (Wildman–Crippen MR) is 70.3 cm³/mol. The van der Waals surface area contributed by atoms with E-state index in [0.29, 0.717) is 24.0 Å². The number of carboxylic acids is 1. The number of hydrogen-bond donors (Lipinski definition) is 1. The third-order valence-electron chi connectivity index (χ3n) is 4.17. The van der Waals surface area contributed by atoms with Crippen LogP contribution in [0.5, 0.6) is 0 Å². The summed E-state index contributed by atoms with van der Waals surface area (Å²) in [5, 5.41) is 8.82. The summed E-state index contributed by atoms with van der Waals surface area (Å²) in [7, 11) is 0. The number of fused-ring (bicyclic) bond motifs is 1. The Morgan fingerprint density at radius 1 is 1.15 bits per heavy atom. The number of nitrogens with zero attached hydrogens (tertiary/aromatic N) is 1. The van der Waals surface area contributed by atoms with E-state index < -0.39 is 5.97 Å². The Balaban J connectivity index is 1.79. The zero-order valence-corrected chi connectivity index (χ0v) is 10.9. The maximum absolute atomic E-state index is 12.3. The molecule has 20 heavy (non-hydrogen) atoms. The van der Waals surface area contributed by atoms with Crippen molar-refractivity contribution < 1.29 is 19.5 Å². The third-order valence-corrected chi connectivity index (χ3v) is 4.17. The maximum atomic E-state index is 12.3. The van der Waals surface area contributed by atoms with Crippen LogP contribution < -0.4 is 0 Å². The molecule has 104 valence electrons. The van der Waals surface area contributed by atoms with Crippen LogP contribution in [-0.4, -0.2) is 33.8 Å². The fourth-order valence-corrected chi connectivity index (χ4v) is 3.25. The van der Waals surface area contributed by atoms with Gasteiger partial charge in [0, 0.05) is 12.5 Å². The van der Waals surface area contributed by atoms with Crippen LogP contribution in [0.1, 0.15) is 46.4 Å². The standard InChI is InChI=1S/C15H15NO4/c17-13(18)8-9-5-6-10(7-9)16-14(19)11-3-1-2-4-12(11)15(16)20/h1-4,9-10H,5-8H2,(H,17,18)/t9-,10+/m0/s1. The van der Waals surface area contributed by atoms with Gasteiger partial charge in [0.2, 0.25) is 0 Å². The molecule has 0 bridgehead atoms. The van der Waals surface area contributed by atoms with E-state index in [1.54, 1.807) is 24.3 Å². The highest BCUT2D eigenvalue weighted by atomic mass is 16.4. The van der Waals surface area contributed by atoms with Crippen molar-refractivity contribution in [2.75, 3.05) is 0 Å². The summed E-state index contributed by atoms with van der Waals surface area (Å²) >= 11 is 0. The molecule has 5 heteroatoms. The number of aliphatic carboxylic acids is 1. The second kappa shape index (κ2) is 4.74. The van der Waals surface area contributed by atoms with E-state index >= 15 is 0 Å². The first-order valence-corrected chi connectivity index (χ1v) is 6.76. The van der Waals surface area contributed by atoms with Crippen molar-refractivity contribution in [1.82, 2.24) is 4.90 Å². The Hall–Kier alpha value is -2.17. The lowest BCUT2D eigenvalue weighted by Gasteiger charge is -2.21. The monoisotopic (exact) mass is 273 g/mol. The molecule has 0 unspecified atom stereocenters. The van der Waals surface area contributed by atoms with E-state index in [9.17, 15) is 14.4 Å². The summed E-state index contributed by atoms with van der Waals surface area (Å²) in [6.45, 7) is 0. The van der Waals surface area contributed by atoms with Gasteiger partial charge in [-0.2, -0.15) is 0 Å². The molecule has 2 aliphatic rings. The lowest BCUT2D eigenvalue weighted by atomic mass is 10.0. The zero-order valence-electron chi connectivity index (χ0n) is 10.9. The van der Waals surface area contributed by atoms with Crippen LogP contribution in [0.2, 0.25) is 0 Å². The Labute approximate surface area is 116 Å². The molecule has 2 amide bonds. The normalized spacial score (nSPS) is 25.1. The molecule has 0 aromatic heterocycles. The van der Waals surface area contributed by atoms with Gasteiger partial charge in [0.25, 0.3) is 11.8 Å². The molecular weight excluding hydrogens is 258 g/mol. The highest BCUT2D eigenvalue weighted by Crippen LogP contribution is 2.35. The number of benzene rings is 1. The third kappa shape index (κ3) is 1.99. The van der Waals surface area contributed by atoms with Crippen molar-refractivity contribution in [3.8, 4) is 0 Å². The van der Waals surface area contributed by atoms with Gasteiger partial charge in [-0.15, -0.1) is 0 Å². The van der Waals surface area contributed by atoms with Crippen LogP contribution in [0.3, 0.4) is 0 Å². The van der Waals surface area contributed by atoms with Crippen molar-refractivity contribution in [2.45, 2.75) is 31.7 Å². The van der Waals surface area contributed by atoms with Crippen molar-refractivity contribution >= 4 is 17.8 Å². The molecule has 2 atom stereocenters. The number of carbonyl (C=O) groups excluding carboxylic acids is 2. The molecule has 0 saturated heterocycles. The van der Waals surface area contributed by atoms with Crippen molar-refractivity contribution in [2.24, 2.45) is 5.92 Å². The molecule has 3 rings (SSSR count). The molecule has 0 spiro atoms. The van der Waals surface area contributed by atoms with E-state index in [-0.39, 0.29) is 30.2 Å². The molecule has 1 saturated carbocycles. The summed E-state index contributed by atoms with van der Waals surface area (Å²) in [6.07, 6.45) is 2.16. The fourth-order valence-electron chi connectivity index (χ4n) is 3.25. The van der Waals surface area contributed by atoms with Gasteiger partial charge in [-0.3, -0.25) is 19.3 Å². The number of amides is 2. The summed E-state index contributed by atoms with van der Waals surface area (Å²) in [5.74, 6) is -1.25. The first-order valence-electron chi connectivity index (χ1n) is 6.76. The fraction of sp³-hybridized carbons (Fsp3) is 0.400. The molecule has 1 heterocycles. The van der Waals surface area contributed by atoms with Gasteiger partial charge in [0.05, 0.1) is 11.1 Å². The molecule has 1 aliphatic carbocycles. The minimum Gasteiger partial charge on any atom is -0.481 e. The quantitative estimate of drug-likeness (QED) is 0.854. The summed E-state index contributed by atoms with van der Waals surface area (Å²) in [5.41, 5.74) is 0.915. The lowest BCUT2D eigenvalue weighted by Crippen LogP contribution is -2.38. The van der Waals surface area contributed by atoms with Gasteiger partial charge >= 0.3 is 5.97 Å². The number of imide groups is 1. The topological polar surface area (TPSA) is 74.7 Å². The van der Waals surface area contributed by atoms with Gasteiger partial charge in [-0.25, -0.2) is 0 Å². The average Bonchev–Trinajstić information content (AvgIpc) is 2.94. The largest absolute Gasteiger partial charge is 0.481 e. The Kier molecular flexibility index (Phi) is 3.04. The van der Waals surface area contributed by atoms with Crippen LogP contribution in [0.25, 0.3) is 0 Å². The summed E-state index contributed by atoms with van der Waals surface area (Å²) in [6, 6.07) is 6.66. The maximum Gasteiger partial charge on any atom is 0.303 e. The number of carbonyl (C=O) groups is 3. The number of carboxylic acid groups (broad SMARTS) is 1. The Morgan fingerprint density at radius 2 is 1.75 bits per heavy atom. The SMILES string of the molecule is O=C(O)C[C@H]1CC[C@@H](N2C(=O)c3ccccc3C2=O)C1. The van der Waals surface area contributed by atoms with E-state index in [4.69, 9.17) is 5.11 Å². The van der Waals surface area contributed by atoms with Gasteiger partial charge in [-0.1, -0.05) is 12.1 Å². The van der Waals surface area contributed by atoms with E-state index in [1.807, 2.05) is 0 Å². The molecule has 1 N–H and O–H groups in total.